The van der Waals surface area contributed by atoms with Crippen LogP contribution >= 0.6 is 0 Å². The minimum Gasteiger partial charge on any atom is -0.379 e. The zero-order chi connectivity index (χ0) is 13.8. The van der Waals surface area contributed by atoms with Crippen molar-refractivity contribution in [1.82, 2.24) is 5.32 Å². The summed E-state index contributed by atoms with van der Waals surface area (Å²) in [6.45, 7) is 1.97. The highest BCUT2D eigenvalue weighted by atomic mass is 19.4. The quantitative estimate of drug-likeness (QED) is 0.877. The molecule has 0 saturated carbocycles. The smallest absolute Gasteiger partial charge is 0.379 e. The molecule has 0 spiro atoms. The fraction of sp³-hybridized carbons (Fsp3) is 0.538. The molecule has 1 rings (SSSR count). The van der Waals surface area contributed by atoms with Crippen LogP contribution in [0.1, 0.15) is 30.5 Å². The Balaban J connectivity index is 2.95. The molecule has 0 aromatic heterocycles. The molecule has 2 atom stereocenters. The molecule has 0 aliphatic rings. The maximum atomic E-state index is 12.5. The second-order valence-corrected chi connectivity index (χ2v) is 4.07. The third-order valence-corrected chi connectivity index (χ3v) is 2.99. The Bertz CT molecular complexity index is 357. The number of hydrogen-bond donors (Lipinski definition) is 1. The van der Waals surface area contributed by atoms with E-state index in [9.17, 15) is 13.2 Å². The monoisotopic (exact) mass is 261 g/mol. The Hall–Kier alpha value is -1.07. The van der Waals surface area contributed by atoms with Crippen molar-refractivity contribution in [2.75, 3.05) is 14.2 Å². The average Bonchev–Trinajstić information content (AvgIpc) is 2.35. The first-order chi connectivity index (χ1) is 8.43. The van der Waals surface area contributed by atoms with Gasteiger partial charge >= 0.3 is 6.18 Å². The molecular formula is C13H18F3NO. The number of methoxy groups -OCH3 is 1. The van der Waals surface area contributed by atoms with Crippen molar-refractivity contribution >= 4 is 0 Å². The molecule has 1 aromatic rings. The van der Waals surface area contributed by atoms with Crippen LogP contribution in [-0.4, -0.2) is 20.3 Å². The number of alkyl halides is 3. The zero-order valence-corrected chi connectivity index (χ0v) is 10.7. The van der Waals surface area contributed by atoms with E-state index in [0.717, 1.165) is 24.1 Å². The summed E-state index contributed by atoms with van der Waals surface area (Å²) in [5.74, 6) is 0. The number of rotatable bonds is 5. The van der Waals surface area contributed by atoms with Crippen molar-refractivity contribution in [2.45, 2.75) is 31.7 Å². The van der Waals surface area contributed by atoms with Gasteiger partial charge in [-0.15, -0.1) is 0 Å². The number of ether oxygens (including phenoxy) is 1. The molecule has 1 N–H and O–H groups in total. The summed E-state index contributed by atoms with van der Waals surface area (Å²) in [7, 11) is 3.37. The lowest BCUT2D eigenvalue weighted by molar-refractivity contribution is -0.137. The lowest BCUT2D eigenvalue weighted by Crippen LogP contribution is -2.30. The van der Waals surface area contributed by atoms with Crippen LogP contribution in [0.4, 0.5) is 13.2 Å². The SMILES string of the molecule is CCC(OC)C(NC)c1ccc(C(F)(F)F)cc1. The van der Waals surface area contributed by atoms with Crippen molar-refractivity contribution in [1.29, 1.82) is 0 Å². The Labute approximate surface area is 105 Å². The maximum absolute atomic E-state index is 12.5. The molecule has 18 heavy (non-hydrogen) atoms. The van der Waals surface area contributed by atoms with Crippen LogP contribution in [0.25, 0.3) is 0 Å². The summed E-state index contributed by atoms with van der Waals surface area (Å²) < 4.78 is 42.7. The van der Waals surface area contributed by atoms with Gasteiger partial charge in [-0.1, -0.05) is 19.1 Å². The van der Waals surface area contributed by atoms with Gasteiger partial charge in [-0.3, -0.25) is 0 Å². The van der Waals surface area contributed by atoms with Crippen molar-refractivity contribution < 1.29 is 17.9 Å². The molecule has 0 bridgehead atoms. The zero-order valence-electron chi connectivity index (χ0n) is 10.7. The predicted molar refractivity (Wildman–Crippen MR) is 64.3 cm³/mol. The minimum atomic E-state index is -4.29. The van der Waals surface area contributed by atoms with E-state index >= 15 is 0 Å². The van der Waals surface area contributed by atoms with Crippen molar-refractivity contribution in [3.8, 4) is 0 Å². The summed E-state index contributed by atoms with van der Waals surface area (Å²) in [4.78, 5) is 0. The Morgan fingerprint density at radius 1 is 1.22 bits per heavy atom. The first-order valence-electron chi connectivity index (χ1n) is 5.81. The second-order valence-electron chi connectivity index (χ2n) is 4.07. The van der Waals surface area contributed by atoms with Crippen LogP contribution in [0.5, 0.6) is 0 Å². The van der Waals surface area contributed by atoms with Gasteiger partial charge in [-0.05, 0) is 31.2 Å². The second kappa shape index (κ2) is 6.20. The molecule has 0 fully saturated rings. The summed E-state index contributed by atoms with van der Waals surface area (Å²) in [5, 5.41) is 3.07. The van der Waals surface area contributed by atoms with E-state index in [-0.39, 0.29) is 12.1 Å². The van der Waals surface area contributed by atoms with Gasteiger partial charge in [-0.25, -0.2) is 0 Å². The van der Waals surface area contributed by atoms with E-state index in [4.69, 9.17) is 4.74 Å². The average molecular weight is 261 g/mol. The van der Waals surface area contributed by atoms with Gasteiger partial charge in [0.25, 0.3) is 0 Å². The standard InChI is InChI=1S/C13H18F3NO/c1-4-11(18-3)12(17-2)9-5-7-10(8-6-9)13(14,15)16/h5-8,11-12,17H,4H2,1-3H3. The number of likely N-dealkylation sites (N-methyl/N-ethyl adjacent to an activating group) is 1. The topological polar surface area (TPSA) is 21.3 Å². The van der Waals surface area contributed by atoms with Gasteiger partial charge in [0.05, 0.1) is 17.7 Å². The number of halogens is 3. The van der Waals surface area contributed by atoms with Gasteiger partial charge in [0, 0.05) is 7.11 Å². The van der Waals surface area contributed by atoms with Crippen LogP contribution in [-0.2, 0) is 10.9 Å². The van der Waals surface area contributed by atoms with Crippen LogP contribution in [0.2, 0.25) is 0 Å². The van der Waals surface area contributed by atoms with E-state index in [2.05, 4.69) is 5.32 Å². The van der Waals surface area contributed by atoms with E-state index in [1.807, 2.05) is 6.92 Å². The molecule has 1 aromatic carbocycles. The van der Waals surface area contributed by atoms with Crippen molar-refractivity contribution in [3.05, 3.63) is 35.4 Å². The molecule has 0 aliphatic carbocycles. The Morgan fingerprint density at radius 2 is 1.78 bits per heavy atom. The molecule has 0 heterocycles. The largest absolute Gasteiger partial charge is 0.416 e. The van der Waals surface area contributed by atoms with E-state index in [1.54, 1.807) is 14.2 Å². The van der Waals surface area contributed by atoms with Gasteiger partial charge in [-0.2, -0.15) is 13.2 Å². The lowest BCUT2D eigenvalue weighted by Gasteiger charge is -2.25. The number of nitrogens with one attached hydrogen (secondary N) is 1. The first kappa shape index (κ1) is 15.0. The van der Waals surface area contributed by atoms with Crippen LogP contribution < -0.4 is 5.32 Å². The first-order valence-corrected chi connectivity index (χ1v) is 5.81. The fourth-order valence-electron chi connectivity index (χ4n) is 1.99. The minimum absolute atomic E-state index is 0.0632. The lowest BCUT2D eigenvalue weighted by atomic mass is 9.98. The Kier molecular flexibility index (Phi) is 5.16. The van der Waals surface area contributed by atoms with Crippen LogP contribution in [0, 0.1) is 0 Å². The van der Waals surface area contributed by atoms with E-state index in [1.165, 1.54) is 12.1 Å². The van der Waals surface area contributed by atoms with Gasteiger partial charge < -0.3 is 10.1 Å². The number of hydrogen-bond acceptors (Lipinski definition) is 2. The number of benzene rings is 1. The molecule has 102 valence electrons. The highest BCUT2D eigenvalue weighted by Gasteiger charge is 2.30. The molecule has 2 unspecified atom stereocenters. The fourth-order valence-corrected chi connectivity index (χ4v) is 1.99. The summed E-state index contributed by atoms with van der Waals surface area (Å²) >= 11 is 0. The van der Waals surface area contributed by atoms with Crippen molar-refractivity contribution in [2.24, 2.45) is 0 Å². The molecular weight excluding hydrogens is 243 g/mol. The predicted octanol–water partition coefficient (Wildman–Crippen LogP) is 3.39. The highest BCUT2D eigenvalue weighted by molar-refractivity contribution is 5.27. The van der Waals surface area contributed by atoms with Crippen LogP contribution in [0.15, 0.2) is 24.3 Å². The Morgan fingerprint density at radius 3 is 2.11 bits per heavy atom. The van der Waals surface area contributed by atoms with E-state index in [0.29, 0.717) is 0 Å². The summed E-state index contributed by atoms with van der Waals surface area (Å²) in [6.07, 6.45) is -3.57. The molecule has 0 aliphatic heterocycles. The third kappa shape index (κ3) is 3.46. The van der Waals surface area contributed by atoms with Gasteiger partial charge in [0.1, 0.15) is 0 Å². The molecule has 5 heteroatoms. The molecule has 0 saturated heterocycles. The summed E-state index contributed by atoms with van der Waals surface area (Å²) in [5.41, 5.74) is 0.158. The maximum Gasteiger partial charge on any atom is 0.416 e. The normalized spacial score (nSPS) is 15.4. The van der Waals surface area contributed by atoms with Crippen molar-refractivity contribution in [3.63, 3.8) is 0 Å². The molecule has 0 radical (unpaired) electrons. The third-order valence-electron chi connectivity index (χ3n) is 2.99. The molecule has 2 nitrogen and oxygen atoms in total. The van der Waals surface area contributed by atoms with Gasteiger partial charge in [0.2, 0.25) is 0 Å². The molecule has 0 amide bonds. The van der Waals surface area contributed by atoms with Crippen LogP contribution in [0.3, 0.4) is 0 Å². The summed E-state index contributed by atoms with van der Waals surface area (Å²) in [6, 6.07) is 5.07. The van der Waals surface area contributed by atoms with E-state index < -0.39 is 11.7 Å². The highest BCUT2D eigenvalue weighted by Crippen LogP contribution is 2.30. The van der Waals surface area contributed by atoms with Gasteiger partial charge in [0.15, 0.2) is 0 Å².